The van der Waals surface area contributed by atoms with Gasteiger partial charge in [-0.15, -0.1) is 0 Å². The summed E-state index contributed by atoms with van der Waals surface area (Å²) in [5.74, 6) is -2.18. The quantitative estimate of drug-likeness (QED) is 0.588. The smallest absolute Gasteiger partial charge is 0.331 e. The maximum absolute atomic E-state index is 12.8. The van der Waals surface area contributed by atoms with Crippen LogP contribution in [0.5, 0.6) is 0 Å². The van der Waals surface area contributed by atoms with Crippen LogP contribution in [0.2, 0.25) is 0 Å². The van der Waals surface area contributed by atoms with Crippen LogP contribution < -0.4 is 10.6 Å². The van der Waals surface area contributed by atoms with Crippen molar-refractivity contribution in [2.45, 2.75) is 0 Å². The van der Waals surface area contributed by atoms with Crippen LogP contribution in [0.3, 0.4) is 0 Å². The second kappa shape index (κ2) is 9.73. The molecule has 2 aromatic carbocycles. The van der Waals surface area contributed by atoms with Gasteiger partial charge < -0.3 is 15.4 Å². The summed E-state index contributed by atoms with van der Waals surface area (Å²) in [6, 6.07) is 14.3. The van der Waals surface area contributed by atoms with Crippen molar-refractivity contribution in [3.05, 3.63) is 72.1 Å². The van der Waals surface area contributed by atoms with Gasteiger partial charge in [-0.05, 0) is 35.9 Å². The van der Waals surface area contributed by atoms with Crippen molar-refractivity contribution in [1.29, 1.82) is 0 Å². The largest absolute Gasteiger partial charge is 0.452 e. The van der Waals surface area contributed by atoms with Gasteiger partial charge in [0, 0.05) is 11.8 Å². The highest BCUT2D eigenvalue weighted by Crippen LogP contribution is 2.07. The molecule has 26 heavy (non-hydrogen) atoms. The number of nitrogens with one attached hydrogen (secondary N) is 2. The van der Waals surface area contributed by atoms with Crippen LogP contribution >= 0.6 is 0 Å². The van der Waals surface area contributed by atoms with E-state index in [0.717, 1.165) is 5.56 Å². The van der Waals surface area contributed by atoms with E-state index in [9.17, 15) is 18.8 Å². The molecule has 2 rings (SSSR count). The highest BCUT2D eigenvalue weighted by atomic mass is 19.1. The molecule has 2 amide bonds. The van der Waals surface area contributed by atoms with E-state index in [4.69, 9.17) is 4.74 Å². The molecular weight excluding hydrogens is 339 g/mol. The normalized spacial score (nSPS) is 10.3. The fourth-order valence-corrected chi connectivity index (χ4v) is 1.88. The number of halogens is 1. The summed E-state index contributed by atoms with van der Waals surface area (Å²) in [7, 11) is 0. The van der Waals surface area contributed by atoms with Crippen LogP contribution in [0.15, 0.2) is 60.7 Å². The van der Waals surface area contributed by atoms with Crippen LogP contribution in [0.25, 0.3) is 6.08 Å². The van der Waals surface area contributed by atoms with E-state index in [2.05, 4.69) is 10.6 Å². The lowest BCUT2D eigenvalue weighted by Gasteiger charge is -2.07. The highest BCUT2D eigenvalue weighted by Gasteiger charge is 2.08. The summed E-state index contributed by atoms with van der Waals surface area (Å²) in [6.45, 7) is -0.796. The Hall–Kier alpha value is -3.48. The maximum atomic E-state index is 12.8. The Balaban J connectivity index is 1.66. The molecule has 134 valence electrons. The monoisotopic (exact) mass is 356 g/mol. The van der Waals surface area contributed by atoms with Gasteiger partial charge in [-0.2, -0.15) is 0 Å². The average molecular weight is 356 g/mol. The van der Waals surface area contributed by atoms with Crippen molar-refractivity contribution in [3.63, 3.8) is 0 Å². The van der Waals surface area contributed by atoms with Crippen molar-refractivity contribution >= 4 is 29.5 Å². The number of hydrogen-bond acceptors (Lipinski definition) is 4. The Labute approximate surface area is 149 Å². The first kappa shape index (κ1) is 18.9. The Kier molecular flexibility index (Phi) is 7.05. The summed E-state index contributed by atoms with van der Waals surface area (Å²) in [4.78, 5) is 34.8. The van der Waals surface area contributed by atoms with Gasteiger partial charge in [0.1, 0.15) is 5.82 Å². The zero-order valence-electron chi connectivity index (χ0n) is 13.8. The molecule has 0 aromatic heterocycles. The minimum atomic E-state index is -0.667. The molecule has 0 fully saturated rings. The third-order valence-corrected chi connectivity index (χ3v) is 3.13. The number of hydrogen-bond donors (Lipinski definition) is 2. The van der Waals surface area contributed by atoms with Gasteiger partial charge in [0.25, 0.3) is 5.91 Å². The number of rotatable bonds is 7. The molecule has 0 heterocycles. The van der Waals surface area contributed by atoms with Gasteiger partial charge in [-0.3, -0.25) is 9.59 Å². The first-order valence-electron chi connectivity index (χ1n) is 7.75. The molecule has 0 unspecified atom stereocenters. The van der Waals surface area contributed by atoms with Gasteiger partial charge in [0.2, 0.25) is 5.91 Å². The zero-order valence-corrected chi connectivity index (χ0v) is 13.8. The third kappa shape index (κ3) is 6.96. The summed E-state index contributed by atoms with van der Waals surface area (Å²) < 4.78 is 17.5. The Morgan fingerprint density at radius 1 is 0.962 bits per heavy atom. The van der Waals surface area contributed by atoms with E-state index in [1.165, 1.54) is 30.3 Å². The molecule has 2 N–H and O–H groups in total. The molecular formula is C19H17FN2O4. The highest BCUT2D eigenvalue weighted by molar-refractivity contribution is 5.95. The number of anilines is 1. The van der Waals surface area contributed by atoms with Crippen molar-refractivity contribution in [3.8, 4) is 0 Å². The molecule has 2 aromatic rings. The molecule has 6 nitrogen and oxygen atoms in total. The number of benzene rings is 2. The topological polar surface area (TPSA) is 84.5 Å². The molecule has 0 aliphatic rings. The van der Waals surface area contributed by atoms with E-state index >= 15 is 0 Å². The van der Waals surface area contributed by atoms with Crippen molar-refractivity contribution < 1.29 is 23.5 Å². The van der Waals surface area contributed by atoms with Gasteiger partial charge >= 0.3 is 5.97 Å². The van der Waals surface area contributed by atoms with Crippen LogP contribution in [-0.4, -0.2) is 30.9 Å². The van der Waals surface area contributed by atoms with E-state index in [1.807, 2.05) is 30.3 Å². The van der Waals surface area contributed by atoms with Gasteiger partial charge in [-0.1, -0.05) is 30.3 Å². The van der Waals surface area contributed by atoms with Crippen LogP contribution in [0, 0.1) is 5.82 Å². The van der Waals surface area contributed by atoms with Gasteiger partial charge in [0.15, 0.2) is 6.61 Å². The Morgan fingerprint density at radius 3 is 2.35 bits per heavy atom. The second-order valence-corrected chi connectivity index (χ2v) is 5.18. The maximum Gasteiger partial charge on any atom is 0.331 e. The van der Waals surface area contributed by atoms with E-state index in [-0.39, 0.29) is 6.54 Å². The van der Waals surface area contributed by atoms with E-state index in [0.29, 0.717) is 5.69 Å². The lowest BCUT2D eigenvalue weighted by molar-refractivity contribution is -0.143. The fraction of sp³-hybridized carbons (Fsp3) is 0.105. The lowest BCUT2D eigenvalue weighted by atomic mass is 10.2. The van der Waals surface area contributed by atoms with Gasteiger partial charge in [-0.25, -0.2) is 9.18 Å². The molecule has 0 saturated carbocycles. The summed E-state index contributed by atoms with van der Waals surface area (Å²) in [5, 5.41) is 4.81. The molecule has 0 atom stereocenters. The Morgan fingerprint density at radius 2 is 1.65 bits per heavy atom. The number of amides is 2. The van der Waals surface area contributed by atoms with Crippen LogP contribution in [0.1, 0.15) is 5.56 Å². The first-order chi connectivity index (χ1) is 12.5. The standard InChI is InChI=1S/C19H17FN2O4/c20-15-7-9-16(10-8-15)22-17(23)12-21-18(24)13-26-19(25)11-6-14-4-2-1-3-5-14/h1-11H,12-13H2,(H,21,24)(H,22,23)/b11-6+. The summed E-state index contributed by atoms with van der Waals surface area (Å²) >= 11 is 0. The molecule has 0 spiro atoms. The van der Waals surface area contributed by atoms with E-state index < -0.39 is 30.2 Å². The second-order valence-electron chi connectivity index (χ2n) is 5.18. The summed E-state index contributed by atoms with van der Waals surface area (Å²) in [5.41, 5.74) is 1.23. The fourth-order valence-electron chi connectivity index (χ4n) is 1.88. The van der Waals surface area contributed by atoms with Crippen molar-refractivity contribution in [1.82, 2.24) is 5.32 Å². The van der Waals surface area contributed by atoms with Crippen LogP contribution in [-0.2, 0) is 19.1 Å². The predicted molar refractivity (Wildman–Crippen MR) is 94.5 cm³/mol. The molecule has 0 radical (unpaired) electrons. The summed E-state index contributed by atoms with van der Waals surface area (Å²) in [6.07, 6.45) is 2.78. The van der Waals surface area contributed by atoms with Crippen molar-refractivity contribution in [2.75, 3.05) is 18.5 Å². The minimum absolute atomic E-state index is 0.298. The molecule has 0 bridgehead atoms. The molecule has 0 aliphatic heterocycles. The number of ether oxygens (including phenoxy) is 1. The van der Waals surface area contributed by atoms with E-state index in [1.54, 1.807) is 6.08 Å². The molecule has 0 saturated heterocycles. The average Bonchev–Trinajstić information content (AvgIpc) is 2.65. The zero-order chi connectivity index (χ0) is 18.8. The third-order valence-electron chi connectivity index (χ3n) is 3.13. The molecule has 7 heteroatoms. The number of carbonyl (C=O) groups is 3. The lowest BCUT2D eigenvalue weighted by Crippen LogP contribution is -2.35. The van der Waals surface area contributed by atoms with Crippen molar-refractivity contribution in [2.24, 2.45) is 0 Å². The number of esters is 1. The van der Waals surface area contributed by atoms with Crippen LogP contribution in [0.4, 0.5) is 10.1 Å². The minimum Gasteiger partial charge on any atom is -0.452 e. The molecule has 0 aliphatic carbocycles. The SMILES string of the molecule is O=C(COC(=O)/C=C/c1ccccc1)NCC(=O)Nc1ccc(F)cc1. The number of carbonyl (C=O) groups excluding carboxylic acids is 3. The first-order valence-corrected chi connectivity index (χ1v) is 7.75. The van der Waals surface area contributed by atoms with Gasteiger partial charge in [0.05, 0.1) is 6.54 Å². The Bertz CT molecular complexity index is 789. The predicted octanol–water partition coefficient (Wildman–Crippen LogP) is 2.14.